The summed E-state index contributed by atoms with van der Waals surface area (Å²) in [5.41, 5.74) is -1.42. The van der Waals surface area contributed by atoms with Crippen LogP contribution in [-0.2, 0) is 22.9 Å². The molecule has 2 N–H and O–H groups in total. The molecule has 2 aromatic carbocycles. The van der Waals surface area contributed by atoms with E-state index in [0.717, 1.165) is 6.07 Å². The van der Waals surface area contributed by atoms with E-state index in [-0.39, 0.29) is 18.4 Å². The fraction of sp³-hybridized carbons (Fsp3) is 0.400. The van der Waals surface area contributed by atoms with Gasteiger partial charge in [0.2, 0.25) is 0 Å². The van der Waals surface area contributed by atoms with E-state index in [1.54, 1.807) is 37.4 Å². The first-order valence-electron chi connectivity index (χ1n) is 8.49. The molecule has 6 heteroatoms. The molecule has 2 aromatic rings. The summed E-state index contributed by atoms with van der Waals surface area (Å²) >= 11 is 0. The highest BCUT2D eigenvalue weighted by Crippen LogP contribution is 2.36. The number of methoxy groups -OCH3 is 1. The van der Waals surface area contributed by atoms with Crippen LogP contribution in [0.2, 0.25) is 0 Å². The maximum atomic E-state index is 13.3. The van der Waals surface area contributed by atoms with E-state index in [0.29, 0.717) is 25.3 Å². The molecule has 0 amide bonds. The first-order valence-corrected chi connectivity index (χ1v) is 8.49. The summed E-state index contributed by atoms with van der Waals surface area (Å²) in [5, 5.41) is 14.4. The van der Waals surface area contributed by atoms with E-state index >= 15 is 0 Å². The van der Waals surface area contributed by atoms with Crippen molar-refractivity contribution in [2.75, 3.05) is 26.8 Å². The minimum absolute atomic E-state index is 0.0863. The summed E-state index contributed by atoms with van der Waals surface area (Å²) in [6, 6.07) is 14.2. The van der Waals surface area contributed by atoms with Gasteiger partial charge in [-0.05, 0) is 30.2 Å². The van der Waals surface area contributed by atoms with Gasteiger partial charge in [0.15, 0.2) is 0 Å². The first kappa shape index (κ1) is 20.4. The zero-order valence-corrected chi connectivity index (χ0v) is 14.7. The van der Waals surface area contributed by atoms with Gasteiger partial charge < -0.3 is 15.2 Å². The molecule has 2 rings (SSSR count). The van der Waals surface area contributed by atoms with Gasteiger partial charge in [-0.1, -0.05) is 48.5 Å². The van der Waals surface area contributed by atoms with Gasteiger partial charge in [0.05, 0.1) is 17.8 Å². The number of hydrogen-bond acceptors (Lipinski definition) is 3. The summed E-state index contributed by atoms with van der Waals surface area (Å²) in [4.78, 5) is 0. The Balaban J connectivity index is 2.25. The van der Waals surface area contributed by atoms with Crippen molar-refractivity contribution in [3.05, 3.63) is 71.3 Å². The minimum atomic E-state index is -4.45. The third kappa shape index (κ3) is 5.56. The van der Waals surface area contributed by atoms with Crippen LogP contribution in [-0.4, -0.2) is 31.9 Å². The normalized spacial score (nSPS) is 14.2. The lowest BCUT2D eigenvalue weighted by molar-refractivity contribution is -0.138. The average Bonchev–Trinajstić information content (AvgIpc) is 2.62. The zero-order chi connectivity index (χ0) is 19.0. The summed E-state index contributed by atoms with van der Waals surface area (Å²) in [7, 11) is 1.59. The van der Waals surface area contributed by atoms with E-state index in [1.807, 2.05) is 6.07 Å². The Kier molecular flexibility index (Phi) is 7.20. The molecule has 0 saturated heterocycles. The number of nitrogens with one attached hydrogen (secondary N) is 1. The molecular formula is C20H24F3NO2. The molecular weight excluding hydrogens is 343 g/mol. The number of benzene rings is 2. The Morgan fingerprint density at radius 2 is 1.62 bits per heavy atom. The predicted octanol–water partition coefficient (Wildman–Crippen LogP) is 3.76. The largest absolute Gasteiger partial charge is 0.416 e. The molecule has 0 aromatic heterocycles. The van der Waals surface area contributed by atoms with Crippen molar-refractivity contribution >= 4 is 0 Å². The number of alkyl halides is 3. The van der Waals surface area contributed by atoms with E-state index in [4.69, 9.17) is 4.74 Å². The number of halogens is 3. The van der Waals surface area contributed by atoms with Crippen molar-refractivity contribution in [2.45, 2.75) is 24.6 Å². The SMILES string of the molecule is COCCNCCC(O)(Cc1ccccc1C(F)(F)F)c1ccccc1. The van der Waals surface area contributed by atoms with Gasteiger partial charge in [-0.25, -0.2) is 0 Å². The molecule has 3 nitrogen and oxygen atoms in total. The summed E-state index contributed by atoms with van der Waals surface area (Å²) < 4.78 is 44.9. The van der Waals surface area contributed by atoms with Crippen molar-refractivity contribution in [3.8, 4) is 0 Å². The molecule has 1 atom stereocenters. The molecule has 0 aliphatic carbocycles. The Bertz CT molecular complexity index is 676. The van der Waals surface area contributed by atoms with Gasteiger partial charge in [-0.15, -0.1) is 0 Å². The van der Waals surface area contributed by atoms with Crippen molar-refractivity contribution < 1.29 is 23.0 Å². The minimum Gasteiger partial charge on any atom is -0.385 e. The molecule has 0 bridgehead atoms. The van der Waals surface area contributed by atoms with Crippen LogP contribution in [0.25, 0.3) is 0 Å². The summed E-state index contributed by atoms with van der Waals surface area (Å²) in [6.07, 6.45) is -4.28. The van der Waals surface area contributed by atoms with Gasteiger partial charge in [0.1, 0.15) is 0 Å². The van der Waals surface area contributed by atoms with Crippen LogP contribution in [0.3, 0.4) is 0 Å². The molecule has 1 unspecified atom stereocenters. The molecule has 0 spiro atoms. The molecule has 142 valence electrons. The third-order valence-corrected chi connectivity index (χ3v) is 4.32. The van der Waals surface area contributed by atoms with E-state index in [2.05, 4.69) is 5.32 Å². The molecule has 0 radical (unpaired) electrons. The second kappa shape index (κ2) is 9.16. The first-order chi connectivity index (χ1) is 12.4. The van der Waals surface area contributed by atoms with Crippen LogP contribution in [0.4, 0.5) is 13.2 Å². The highest BCUT2D eigenvalue weighted by atomic mass is 19.4. The van der Waals surface area contributed by atoms with Crippen molar-refractivity contribution in [1.29, 1.82) is 0 Å². The fourth-order valence-corrected chi connectivity index (χ4v) is 2.94. The molecule has 0 aliphatic heterocycles. The summed E-state index contributed by atoms with van der Waals surface area (Å²) in [6.45, 7) is 1.60. The second-order valence-corrected chi connectivity index (χ2v) is 6.22. The van der Waals surface area contributed by atoms with Gasteiger partial charge in [-0.3, -0.25) is 0 Å². The van der Waals surface area contributed by atoms with Crippen LogP contribution in [0.15, 0.2) is 54.6 Å². The molecule has 0 aliphatic rings. The molecule has 0 heterocycles. The van der Waals surface area contributed by atoms with Gasteiger partial charge in [0.25, 0.3) is 0 Å². The lowest BCUT2D eigenvalue weighted by atomic mass is 9.83. The van der Waals surface area contributed by atoms with Gasteiger partial charge in [0, 0.05) is 20.1 Å². The van der Waals surface area contributed by atoms with Crippen LogP contribution in [0, 0.1) is 0 Å². The van der Waals surface area contributed by atoms with Gasteiger partial charge in [-0.2, -0.15) is 13.2 Å². The van der Waals surface area contributed by atoms with Crippen molar-refractivity contribution in [3.63, 3.8) is 0 Å². The van der Waals surface area contributed by atoms with E-state index < -0.39 is 17.3 Å². The van der Waals surface area contributed by atoms with E-state index in [9.17, 15) is 18.3 Å². The fourth-order valence-electron chi connectivity index (χ4n) is 2.94. The second-order valence-electron chi connectivity index (χ2n) is 6.22. The zero-order valence-electron chi connectivity index (χ0n) is 14.7. The monoisotopic (exact) mass is 367 g/mol. The third-order valence-electron chi connectivity index (χ3n) is 4.32. The van der Waals surface area contributed by atoms with Crippen LogP contribution < -0.4 is 5.32 Å². The molecule has 0 saturated carbocycles. The number of aliphatic hydroxyl groups is 1. The van der Waals surface area contributed by atoms with Crippen LogP contribution in [0.1, 0.15) is 23.1 Å². The number of rotatable bonds is 9. The van der Waals surface area contributed by atoms with E-state index in [1.165, 1.54) is 12.1 Å². The maximum absolute atomic E-state index is 13.3. The topological polar surface area (TPSA) is 41.5 Å². The Morgan fingerprint density at radius 3 is 2.27 bits per heavy atom. The van der Waals surface area contributed by atoms with Crippen LogP contribution >= 0.6 is 0 Å². The van der Waals surface area contributed by atoms with Crippen LogP contribution in [0.5, 0.6) is 0 Å². The van der Waals surface area contributed by atoms with Crippen molar-refractivity contribution in [1.82, 2.24) is 5.32 Å². The standard InChI is InChI=1S/C20H24F3NO2/c1-26-14-13-24-12-11-19(25,17-8-3-2-4-9-17)15-16-7-5-6-10-18(16)20(21,22)23/h2-10,24-25H,11-15H2,1H3. The number of hydrogen-bond donors (Lipinski definition) is 2. The summed E-state index contributed by atoms with van der Waals surface area (Å²) in [5.74, 6) is 0. The Hall–Kier alpha value is -1.89. The Morgan fingerprint density at radius 1 is 0.962 bits per heavy atom. The lowest BCUT2D eigenvalue weighted by Crippen LogP contribution is -2.34. The van der Waals surface area contributed by atoms with Gasteiger partial charge >= 0.3 is 6.18 Å². The Labute approximate surface area is 151 Å². The predicted molar refractivity (Wildman–Crippen MR) is 94.8 cm³/mol. The number of ether oxygens (including phenoxy) is 1. The quantitative estimate of drug-likeness (QED) is 0.663. The average molecular weight is 367 g/mol. The van der Waals surface area contributed by atoms with Crippen molar-refractivity contribution in [2.24, 2.45) is 0 Å². The highest BCUT2D eigenvalue weighted by Gasteiger charge is 2.36. The highest BCUT2D eigenvalue weighted by molar-refractivity contribution is 5.33. The molecule has 0 fully saturated rings. The smallest absolute Gasteiger partial charge is 0.385 e. The maximum Gasteiger partial charge on any atom is 0.416 e. The molecule has 26 heavy (non-hydrogen) atoms. The lowest BCUT2D eigenvalue weighted by Gasteiger charge is -2.30.